The Bertz CT molecular complexity index is 702. The molecule has 4 nitrogen and oxygen atoms in total. The van der Waals surface area contributed by atoms with Crippen molar-refractivity contribution in [1.82, 2.24) is 0 Å². The lowest BCUT2D eigenvalue weighted by Gasteiger charge is -2.12. The summed E-state index contributed by atoms with van der Waals surface area (Å²) in [5, 5.41) is 5.88. The minimum absolute atomic E-state index is 0.130. The van der Waals surface area contributed by atoms with Gasteiger partial charge in [0.05, 0.1) is 11.0 Å². The van der Waals surface area contributed by atoms with Crippen LogP contribution in [0, 0.1) is 6.92 Å². The number of hydrogen-bond donors (Lipinski definition) is 2. The number of carbonyl (C=O) groups excluding carboxylic acids is 2. The first kappa shape index (κ1) is 18.4. The molecule has 6 heteroatoms. The van der Waals surface area contributed by atoms with Crippen molar-refractivity contribution < 1.29 is 9.59 Å². The summed E-state index contributed by atoms with van der Waals surface area (Å²) in [7, 11) is 0. The first-order valence-corrected chi connectivity index (χ1v) is 8.91. The summed E-state index contributed by atoms with van der Waals surface area (Å²) < 4.78 is 0. The average molecular weight is 363 g/mol. The van der Waals surface area contributed by atoms with Gasteiger partial charge in [-0.25, -0.2) is 0 Å². The van der Waals surface area contributed by atoms with E-state index in [1.807, 2.05) is 31.2 Å². The molecule has 0 aromatic heterocycles. The molecule has 0 aliphatic carbocycles. The van der Waals surface area contributed by atoms with E-state index in [2.05, 4.69) is 10.6 Å². The molecule has 0 saturated heterocycles. The molecular formula is C18H19ClN2O2S. The molecule has 0 aliphatic rings. The maximum atomic E-state index is 12.1. The zero-order valence-electron chi connectivity index (χ0n) is 13.5. The van der Waals surface area contributed by atoms with E-state index in [0.717, 1.165) is 11.3 Å². The number of rotatable bonds is 6. The van der Waals surface area contributed by atoms with Gasteiger partial charge in [-0.15, -0.1) is 11.8 Å². The van der Waals surface area contributed by atoms with Crippen LogP contribution in [-0.4, -0.2) is 22.8 Å². The Morgan fingerprint density at radius 2 is 1.54 bits per heavy atom. The third-order valence-electron chi connectivity index (χ3n) is 3.28. The Kier molecular flexibility index (Phi) is 6.70. The summed E-state index contributed by atoms with van der Waals surface area (Å²) in [5.74, 6) is -0.0660. The molecule has 0 radical (unpaired) electrons. The van der Waals surface area contributed by atoms with Crippen LogP contribution in [0.5, 0.6) is 0 Å². The quantitative estimate of drug-likeness (QED) is 0.803. The van der Waals surface area contributed by atoms with E-state index < -0.39 is 0 Å². The maximum absolute atomic E-state index is 12.1. The van der Waals surface area contributed by atoms with Gasteiger partial charge in [-0.05, 0) is 50.2 Å². The standard InChI is InChI=1S/C18H19ClN2O2S/c1-12-3-7-15(8-4-12)20-17(22)11-24-13(2)18(23)21-16-9-5-14(19)6-10-16/h3-10,13H,11H2,1-2H3,(H,20,22)(H,21,23)/t13-/m0/s1. The number of hydrogen-bond acceptors (Lipinski definition) is 3. The second-order valence-electron chi connectivity index (χ2n) is 5.36. The third kappa shape index (κ3) is 5.91. The molecule has 0 bridgehead atoms. The van der Waals surface area contributed by atoms with E-state index >= 15 is 0 Å². The molecule has 0 saturated carbocycles. The predicted molar refractivity (Wildman–Crippen MR) is 102 cm³/mol. The topological polar surface area (TPSA) is 58.2 Å². The van der Waals surface area contributed by atoms with Crippen molar-refractivity contribution in [2.75, 3.05) is 16.4 Å². The third-order valence-corrected chi connectivity index (χ3v) is 4.68. The second kappa shape index (κ2) is 8.76. The van der Waals surface area contributed by atoms with Gasteiger partial charge in [-0.3, -0.25) is 9.59 Å². The van der Waals surface area contributed by atoms with Crippen molar-refractivity contribution in [3.05, 3.63) is 59.1 Å². The Labute approximate surface area is 151 Å². The van der Waals surface area contributed by atoms with Crippen LogP contribution >= 0.6 is 23.4 Å². The zero-order valence-corrected chi connectivity index (χ0v) is 15.1. The molecule has 0 spiro atoms. The van der Waals surface area contributed by atoms with Crippen LogP contribution in [0.15, 0.2) is 48.5 Å². The van der Waals surface area contributed by atoms with E-state index in [1.54, 1.807) is 31.2 Å². The molecule has 2 N–H and O–H groups in total. The number of halogens is 1. The summed E-state index contributed by atoms with van der Waals surface area (Å²) in [6, 6.07) is 14.5. The molecule has 2 aromatic carbocycles. The first-order valence-electron chi connectivity index (χ1n) is 7.48. The van der Waals surface area contributed by atoms with Crippen LogP contribution in [0.3, 0.4) is 0 Å². The van der Waals surface area contributed by atoms with Gasteiger partial charge in [-0.2, -0.15) is 0 Å². The summed E-state index contributed by atoms with van der Waals surface area (Å²) in [4.78, 5) is 24.1. The molecule has 2 aromatic rings. The van der Waals surface area contributed by atoms with Gasteiger partial charge < -0.3 is 10.6 Å². The van der Waals surface area contributed by atoms with Crippen molar-refractivity contribution in [2.45, 2.75) is 19.1 Å². The van der Waals surface area contributed by atoms with E-state index in [4.69, 9.17) is 11.6 Å². The van der Waals surface area contributed by atoms with Crippen LogP contribution in [0.25, 0.3) is 0 Å². The molecule has 126 valence electrons. The second-order valence-corrected chi connectivity index (χ2v) is 7.13. The molecule has 0 unspecified atom stereocenters. The van der Waals surface area contributed by atoms with E-state index in [0.29, 0.717) is 10.7 Å². The fraction of sp³-hybridized carbons (Fsp3) is 0.222. The van der Waals surface area contributed by atoms with E-state index in [-0.39, 0.29) is 22.8 Å². The highest BCUT2D eigenvalue weighted by Crippen LogP contribution is 2.17. The Morgan fingerprint density at radius 1 is 1.00 bits per heavy atom. The maximum Gasteiger partial charge on any atom is 0.237 e. The van der Waals surface area contributed by atoms with Crippen molar-refractivity contribution in [3.8, 4) is 0 Å². The number of anilines is 2. The van der Waals surface area contributed by atoms with Crippen LogP contribution in [0.4, 0.5) is 11.4 Å². The molecule has 2 rings (SSSR count). The molecular weight excluding hydrogens is 344 g/mol. The lowest BCUT2D eigenvalue weighted by Crippen LogP contribution is -2.25. The minimum Gasteiger partial charge on any atom is -0.325 e. The highest BCUT2D eigenvalue weighted by Gasteiger charge is 2.15. The Hall–Kier alpha value is -1.98. The lowest BCUT2D eigenvalue weighted by atomic mass is 10.2. The summed E-state index contributed by atoms with van der Waals surface area (Å²) in [5.41, 5.74) is 2.57. The number of aryl methyl sites for hydroxylation is 1. The Morgan fingerprint density at radius 3 is 2.17 bits per heavy atom. The molecule has 1 atom stereocenters. The van der Waals surface area contributed by atoms with Gasteiger partial charge in [0, 0.05) is 16.4 Å². The number of benzene rings is 2. The fourth-order valence-corrected chi connectivity index (χ4v) is 2.70. The summed E-state index contributed by atoms with van der Waals surface area (Å²) in [6.45, 7) is 3.76. The van der Waals surface area contributed by atoms with Gasteiger partial charge in [0.25, 0.3) is 0 Å². The predicted octanol–water partition coefficient (Wildman–Crippen LogP) is 4.35. The minimum atomic E-state index is -0.343. The molecule has 0 heterocycles. The molecule has 24 heavy (non-hydrogen) atoms. The SMILES string of the molecule is Cc1ccc(NC(=O)CS[C@@H](C)C(=O)Nc2ccc(Cl)cc2)cc1. The smallest absolute Gasteiger partial charge is 0.237 e. The monoisotopic (exact) mass is 362 g/mol. The van der Waals surface area contributed by atoms with E-state index in [9.17, 15) is 9.59 Å². The normalized spacial score (nSPS) is 11.6. The van der Waals surface area contributed by atoms with Gasteiger partial charge in [0.2, 0.25) is 11.8 Å². The average Bonchev–Trinajstić information content (AvgIpc) is 2.57. The van der Waals surface area contributed by atoms with Gasteiger partial charge in [-0.1, -0.05) is 29.3 Å². The van der Waals surface area contributed by atoms with Crippen LogP contribution in [0.2, 0.25) is 5.02 Å². The van der Waals surface area contributed by atoms with Crippen molar-refractivity contribution >= 4 is 46.6 Å². The van der Waals surface area contributed by atoms with Gasteiger partial charge >= 0.3 is 0 Å². The van der Waals surface area contributed by atoms with Crippen LogP contribution < -0.4 is 10.6 Å². The Balaban J connectivity index is 1.77. The largest absolute Gasteiger partial charge is 0.325 e. The lowest BCUT2D eigenvalue weighted by molar-refractivity contribution is -0.115. The van der Waals surface area contributed by atoms with Crippen LogP contribution in [-0.2, 0) is 9.59 Å². The van der Waals surface area contributed by atoms with Crippen LogP contribution in [0.1, 0.15) is 12.5 Å². The highest BCUT2D eigenvalue weighted by atomic mass is 35.5. The summed E-state index contributed by atoms with van der Waals surface area (Å²) in [6.07, 6.45) is 0. The van der Waals surface area contributed by atoms with Gasteiger partial charge in [0.15, 0.2) is 0 Å². The van der Waals surface area contributed by atoms with Crippen molar-refractivity contribution in [2.24, 2.45) is 0 Å². The van der Waals surface area contributed by atoms with Gasteiger partial charge in [0.1, 0.15) is 0 Å². The number of nitrogens with one attached hydrogen (secondary N) is 2. The van der Waals surface area contributed by atoms with Crippen molar-refractivity contribution in [1.29, 1.82) is 0 Å². The zero-order chi connectivity index (χ0) is 17.5. The highest BCUT2D eigenvalue weighted by molar-refractivity contribution is 8.01. The fourth-order valence-electron chi connectivity index (χ4n) is 1.89. The summed E-state index contributed by atoms with van der Waals surface area (Å²) >= 11 is 7.10. The number of amides is 2. The molecule has 2 amide bonds. The van der Waals surface area contributed by atoms with E-state index in [1.165, 1.54) is 11.8 Å². The number of thioether (sulfide) groups is 1. The molecule has 0 aliphatic heterocycles. The molecule has 0 fully saturated rings. The first-order chi connectivity index (χ1) is 11.4. The number of carbonyl (C=O) groups is 2. The van der Waals surface area contributed by atoms with Crippen molar-refractivity contribution in [3.63, 3.8) is 0 Å².